The first-order valence-corrected chi connectivity index (χ1v) is 9.84. The van der Waals surface area contributed by atoms with Crippen molar-refractivity contribution < 1.29 is 12.9 Å². The first-order valence-electron chi connectivity index (χ1n) is 8.40. The van der Waals surface area contributed by atoms with E-state index in [1.165, 1.54) is 10.5 Å². The summed E-state index contributed by atoms with van der Waals surface area (Å²) >= 11 is 0. The predicted octanol–water partition coefficient (Wildman–Crippen LogP) is 1.61. The molecule has 1 aliphatic rings. The first-order chi connectivity index (χ1) is 12.0. The zero-order valence-electron chi connectivity index (χ0n) is 14.8. The van der Waals surface area contributed by atoms with Crippen molar-refractivity contribution in [2.24, 2.45) is 0 Å². The van der Waals surface area contributed by atoms with E-state index in [2.05, 4.69) is 27.4 Å². The van der Waals surface area contributed by atoms with Crippen molar-refractivity contribution in [3.8, 4) is 0 Å². The molecule has 8 nitrogen and oxygen atoms in total. The van der Waals surface area contributed by atoms with Crippen LogP contribution in [0, 0.1) is 0 Å². The molecule has 10 heteroatoms. The molecule has 3 rings (SSSR count). The van der Waals surface area contributed by atoms with Crippen LogP contribution in [0.4, 0.5) is 0 Å². The molecule has 0 radical (unpaired) electrons. The second-order valence-corrected chi connectivity index (χ2v) is 8.25. The van der Waals surface area contributed by atoms with Crippen LogP contribution in [-0.2, 0) is 16.4 Å². The van der Waals surface area contributed by atoms with E-state index in [-0.39, 0.29) is 29.3 Å². The highest BCUT2D eigenvalue weighted by molar-refractivity contribution is 7.89. The standard InChI is InChI=1S/C16H23N5O3S.ClH/c1-12(17-2)10-15-19-16(24-20-15)13-5-8-21(9-6-13)25(22,23)14-4-3-7-18-11-14;/h3-4,7,11-13,17H,5-6,8-10H2,1-2H3;1H. The van der Waals surface area contributed by atoms with Crippen LogP contribution in [-0.4, -0.2) is 54.0 Å². The molecule has 0 saturated carbocycles. The largest absolute Gasteiger partial charge is 0.339 e. The number of nitrogens with zero attached hydrogens (tertiary/aromatic N) is 4. The molecule has 0 aliphatic carbocycles. The number of nitrogens with one attached hydrogen (secondary N) is 1. The second-order valence-electron chi connectivity index (χ2n) is 6.31. The smallest absolute Gasteiger partial charge is 0.244 e. The van der Waals surface area contributed by atoms with E-state index in [4.69, 9.17) is 4.52 Å². The summed E-state index contributed by atoms with van der Waals surface area (Å²) < 4.78 is 32.1. The van der Waals surface area contributed by atoms with E-state index in [0.29, 0.717) is 44.1 Å². The van der Waals surface area contributed by atoms with Crippen LogP contribution in [0.3, 0.4) is 0 Å². The quantitative estimate of drug-likeness (QED) is 0.784. The van der Waals surface area contributed by atoms with E-state index >= 15 is 0 Å². The monoisotopic (exact) mass is 401 g/mol. The van der Waals surface area contributed by atoms with Gasteiger partial charge in [-0.15, -0.1) is 12.4 Å². The lowest BCUT2D eigenvalue weighted by molar-refractivity contribution is 0.270. The van der Waals surface area contributed by atoms with E-state index in [0.717, 1.165) is 0 Å². The minimum Gasteiger partial charge on any atom is -0.339 e. The molecule has 0 amide bonds. The van der Waals surface area contributed by atoms with Crippen LogP contribution in [0.1, 0.15) is 37.4 Å². The average Bonchev–Trinajstić information content (AvgIpc) is 3.11. The average molecular weight is 402 g/mol. The van der Waals surface area contributed by atoms with Crippen molar-refractivity contribution >= 4 is 22.4 Å². The Labute approximate surface area is 159 Å². The minimum atomic E-state index is -3.49. The Bertz CT molecular complexity index is 791. The summed E-state index contributed by atoms with van der Waals surface area (Å²) in [7, 11) is -1.59. The van der Waals surface area contributed by atoms with Gasteiger partial charge in [0.25, 0.3) is 0 Å². The summed E-state index contributed by atoms with van der Waals surface area (Å²) in [4.78, 5) is 8.60. The molecule has 1 N–H and O–H groups in total. The van der Waals surface area contributed by atoms with Gasteiger partial charge >= 0.3 is 0 Å². The summed E-state index contributed by atoms with van der Waals surface area (Å²) in [5, 5.41) is 7.17. The summed E-state index contributed by atoms with van der Waals surface area (Å²) in [6.45, 7) is 2.93. The summed E-state index contributed by atoms with van der Waals surface area (Å²) in [5.41, 5.74) is 0. The second kappa shape index (κ2) is 8.90. The molecule has 1 fully saturated rings. The Morgan fingerprint density at radius 1 is 1.38 bits per heavy atom. The van der Waals surface area contributed by atoms with E-state index in [1.807, 2.05) is 7.05 Å². The lowest BCUT2D eigenvalue weighted by Gasteiger charge is -2.29. The third-order valence-corrected chi connectivity index (χ3v) is 6.42. The number of aromatic nitrogens is 3. The third-order valence-electron chi connectivity index (χ3n) is 4.54. The van der Waals surface area contributed by atoms with E-state index < -0.39 is 10.0 Å². The van der Waals surface area contributed by atoms with Gasteiger partial charge in [-0.2, -0.15) is 9.29 Å². The molecule has 0 spiro atoms. The normalized spacial score (nSPS) is 17.6. The molecular weight excluding hydrogens is 378 g/mol. The van der Waals surface area contributed by atoms with E-state index in [9.17, 15) is 8.42 Å². The van der Waals surface area contributed by atoms with Gasteiger partial charge in [0.1, 0.15) is 4.90 Å². The molecule has 2 aromatic rings. The van der Waals surface area contributed by atoms with Gasteiger partial charge in [-0.3, -0.25) is 4.98 Å². The predicted molar refractivity (Wildman–Crippen MR) is 98.7 cm³/mol. The summed E-state index contributed by atoms with van der Waals surface area (Å²) in [6, 6.07) is 3.48. The number of hydrogen-bond acceptors (Lipinski definition) is 7. The van der Waals surface area contributed by atoms with Gasteiger partial charge in [0.2, 0.25) is 15.9 Å². The van der Waals surface area contributed by atoms with Crippen molar-refractivity contribution in [2.45, 2.75) is 43.0 Å². The lowest BCUT2D eigenvalue weighted by Crippen LogP contribution is -2.38. The number of rotatable bonds is 6. The van der Waals surface area contributed by atoms with Crippen LogP contribution >= 0.6 is 12.4 Å². The summed E-state index contributed by atoms with van der Waals surface area (Å²) in [5.74, 6) is 1.39. The molecule has 0 bridgehead atoms. The van der Waals surface area contributed by atoms with Gasteiger partial charge < -0.3 is 9.84 Å². The maximum Gasteiger partial charge on any atom is 0.244 e. The fraction of sp³-hybridized carbons (Fsp3) is 0.562. The Morgan fingerprint density at radius 3 is 2.73 bits per heavy atom. The number of piperidine rings is 1. The topological polar surface area (TPSA) is 101 Å². The van der Waals surface area contributed by atoms with Crippen LogP contribution in [0.5, 0.6) is 0 Å². The molecule has 1 unspecified atom stereocenters. The van der Waals surface area contributed by atoms with Crippen LogP contribution in [0.2, 0.25) is 0 Å². The fourth-order valence-electron chi connectivity index (χ4n) is 2.88. The Kier molecular flexibility index (Phi) is 7.10. The van der Waals surface area contributed by atoms with Crippen LogP contribution < -0.4 is 5.32 Å². The number of likely N-dealkylation sites (N-methyl/N-ethyl adjacent to an activating group) is 1. The van der Waals surface area contributed by atoms with E-state index in [1.54, 1.807) is 18.3 Å². The van der Waals surface area contributed by atoms with Crippen molar-refractivity contribution in [1.29, 1.82) is 0 Å². The SMILES string of the molecule is CNC(C)Cc1noc(C2CCN(S(=O)(=O)c3cccnc3)CC2)n1.Cl. The molecule has 144 valence electrons. The van der Waals surface area contributed by atoms with Crippen molar-refractivity contribution in [3.63, 3.8) is 0 Å². The van der Waals surface area contributed by atoms with Gasteiger partial charge in [0.05, 0.1) is 0 Å². The third kappa shape index (κ3) is 4.59. The molecule has 3 heterocycles. The summed E-state index contributed by atoms with van der Waals surface area (Å²) in [6.07, 6.45) is 4.99. The molecule has 1 atom stereocenters. The molecule has 2 aromatic heterocycles. The zero-order valence-corrected chi connectivity index (χ0v) is 16.5. The number of pyridine rings is 1. The Balaban J connectivity index is 0.00000243. The number of sulfonamides is 1. The maximum absolute atomic E-state index is 12.6. The maximum atomic E-state index is 12.6. The minimum absolute atomic E-state index is 0. The highest BCUT2D eigenvalue weighted by Gasteiger charge is 2.32. The molecule has 26 heavy (non-hydrogen) atoms. The fourth-order valence-corrected chi connectivity index (χ4v) is 4.32. The van der Waals surface area contributed by atoms with Crippen molar-refractivity contribution in [3.05, 3.63) is 36.2 Å². The van der Waals surface area contributed by atoms with Crippen molar-refractivity contribution in [2.75, 3.05) is 20.1 Å². The Hall–Kier alpha value is -1.55. The van der Waals surface area contributed by atoms with Crippen molar-refractivity contribution in [1.82, 2.24) is 24.7 Å². The molecular formula is C16H24ClN5O3S. The van der Waals surface area contributed by atoms with Gasteiger partial charge in [-0.05, 0) is 38.9 Å². The highest BCUT2D eigenvalue weighted by atomic mass is 35.5. The highest BCUT2D eigenvalue weighted by Crippen LogP contribution is 2.29. The molecule has 0 aromatic carbocycles. The number of hydrogen-bond donors (Lipinski definition) is 1. The van der Waals surface area contributed by atoms with Gasteiger partial charge in [0, 0.05) is 43.9 Å². The van der Waals surface area contributed by atoms with Gasteiger partial charge in [-0.25, -0.2) is 8.42 Å². The van der Waals surface area contributed by atoms with Gasteiger partial charge in [-0.1, -0.05) is 5.16 Å². The molecule has 1 aliphatic heterocycles. The van der Waals surface area contributed by atoms with Gasteiger partial charge in [0.15, 0.2) is 5.82 Å². The van der Waals surface area contributed by atoms with Crippen LogP contribution in [0.15, 0.2) is 33.9 Å². The zero-order chi connectivity index (χ0) is 17.9. The van der Waals surface area contributed by atoms with Crippen LogP contribution in [0.25, 0.3) is 0 Å². The number of halogens is 1. The molecule has 1 saturated heterocycles. The first kappa shape index (κ1) is 20.8. The lowest BCUT2D eigenvalue weighted by atomic mass is 9.98. The Morgan fingerprint density at radius 2 is 2.12 bits per heavy atom.